The van der Waals surface area contributed by atoms with Crippen LogP contribution in [0.1, 0.15) is 56.1 Å². The highest BCUT2D eigenvalue weighted by Crippen LogP contribution is 2.45. The number of ether oxygens (including phenoxy) is 2. The van der Waals surface area contributed by atoms with Crippen molar-refractivity contribution < 1.29 is 18.2 Å². The molecule has 5 heteroatoms. The molecular weight excluding hydrogens is 288 g/mol. The van der Waals surface area contributed by atoms with Gasteiger partial charge in [-0.3, -0.25) is 4.21 Å². The van der Waals surface area contributed by atoms with Gasteiger partial charge in [0.25, 0.3) is 0 Å². The van der Waals surface area contributed by atoms with E-state index >= 15 is 0 Å². The van der Waals surface area contributed by atoms with Crippen LogP contribution < -0.4 is 9.47 Å². The summed E-state index contributed by atoms with van der Waals surface area (Å²) >= 11 is -2.12. The Morgan fingerprint density at radius 1 is 1.38 bits per heavy atom. The van der Waals surface area contributed by atoms with E-state index in [0.717, 1.165) is 36.3 Å². The minimum atomic E-state index is -2.12. The zero-order valence-corrected chi connectivity index (χ0v) is 13.1. The second-order valence-electron chi connectivity index (χ2n) is 5.98. The molecule has 0 aromatic heterocycles. The predicted molar refractivity (Wildman–Crippen MR) is 80.2 cm³/mol. The highest BCUT2D eigenvalue weighted by molar-refractivity contribution is 7.78. The molecule has 2 unspecified atom stereocenters. The van der Waals surface area contributed by atoms with E-state index in [4.69, 9.17) is 9.47 Å². The molecule has 0 N–H and O–H groups in total. The summed E-state index contributed by atoms with van der Waals surface area (Å²) in [5.41, 5.74) is 1.94. The summed E-state index contributed by atoms with van der Waals surface area (Å²) in [5, 5.41) is 0. The average Bonchev–Trinajstić information content (AvgIpc) is 3.12. The molecule has 4 nitrogen and oxygen atoms in total. The lowest BCUT2D eigenvalue weighted by Gasteiger charge is -2.22. The molecule has 21 heavy (non-hydrogen) atoms. The predicted octanol–water partition coefficient (Wildman–Crippen LogP) is 3.48. The summed E-state index contributed by atoms with van der Waals surface area (Å²) in [5.74, 6) is 2.55. The second-order valence-corrected chi connectivity index (χ2v) is 6.88. The van der Waals surface area contributed by atoms with Crippen LogP contribution in [0.5, 0.6) is 11.5 Å². The highest BCUT2D eigenvalue weighted by atomic mass is 32.2. The summed E-state index contributed by atoms with van der Waals surface area (Å²) in [7, 11) is 0. The first kappa shape index (κ1) is 14.9. The Bertz CT molecular complexity index is 539. The monoisotopic (exact) mass is 309 g/mol. The largest absolute Gasteiger partial charge is 0.772 e. The van der Waals surface area contributed by atoms with Gasteiger partial charge in [-0.15, -0.1) is 0 Å². The Hall–Kier alpha value is -1.07. The van der Waals surface area contributed by atoms with E-state index < -0.39 is 11.1 Å². The van der Waals surface area contributed by atoms with E-state index in [9.17, 15) is 8.76 Å². The van der Waals surface area contributed by atoms with Crippen LogP contribution in [-0.4, -0.2) is 15.6 Å². The molecule has 1 heterocycles. The summed E-state index contributed by atoms with van der Waals surface area (Å²) in [6.07, 6.45) is 5.98. The van der Waals surface area contributed by atoms with Crippen molar-refractivity contribution in [1.82, 2.24) is 0 Å². The Labute approximate surface area is 128 Å². The maximum absolute atomic E-state index is 11.2. The first-order valence-corrected chi connectivity index (χ1v) is 8.90. The van der Waals surface area contributed by atoms with Gasteiger partial charge in [0.15, 0.2) is 11.5 Å². The number of rotatable bonds is 7. The van der Waals surface area contributed by atoms with Crippen molar-refractivity contribution in [3.8, 4) is 11.5 Å². The molecular formula is C16H21O4S-. The Kier molecular flexibility index (Phi) is 4.50. The van der Waals surface area contributed by atoms with Crippen molar-refractivity contribution in [2.24, 2.45) is 5.92 Å². The van der Waals surface area contributed by atoms with Crippen LogP contribution >= 0.6 is 0 Å². The maximum atomic E-state index is 11.2. The molecule has 0 spiro atoms. The molecule has 2 aliphatic rings. The molecule has 116 valence electrons. The van der Waals surface area contributed by atoms with Crippen molar-refractivity contribution in [2.75, 3.05) is 6.79 Å². The van der Waals surface area contributed by atoms with Gasteiger partial charge in [-0.05, 0) is 36.3 Å². The van der Waals surface area contributed by atoms with Gasteiger partial charge in [-0.1, -0.05) is 43.3 Å². The fourth-order valence-corrected chi connectivity index (χ4v) is 3.73. The van der Waals surface area contributed by atoms with Gasteiger partial charge in [0.1, 0.15) is 0 Å². The molecule has 1 aliphatic carbocycles. The first-order valence-electron chi connectivity index (χ1n) is 7.66. The highest BCUT2D eigenvalue weighted by Gasteiger charge is 2.29. The van der Waals surface area contributed by atoms with E-state index in [1.807, 2.05) is 12.1 Å². The van der Waals surface area contributed by atoms with Crippen molar-refractivity contribution in [2.45, 2.75) is 50.7 Å². The van der Waals surface area contributed by atoms with Crippen LogP contribution in [0.15, 0.2) is 12.1 Å². The van der Waals surface area contributed by atoms with Gasteiger partial charge in [0, 0.05) is 11.3 Å². The molecule has 1 aromatic carbocycles. The quantitative estimate of drug-likeness (QED) is 0.724. The van der Waals surface area contributed by atoms with Crippen LogP contribution in [0.2, 0.25) is 0 Å². The summed E-state index contributed by atoms with van der Waals surface area (Å²) in [6.45, 7) is 2.36. The maximum Gasteiger partial charge on any atom is 0.231 e. The lowest BCUT2D eigenvalue weighted by molar-refractivity contribution is 0.173. The second kappa shape index (κ2) is 6.36. The number of hydrogen-bond donors (Lipinski definition) is 0. The van der Waals surface area contributed by atoms with Crippen molar-refractivity contribution in [3.05, 3.63) is 23.3 Å². The van der Waals surface area contributed by atoms with Crippen LogP contribution in [-0.2, 0) is 16.8 Å². The standard InChI is InChI=1S/C16H22O4S/c1-2-3-12(8-11-4-5-11)13-6-7-15-16(20-10-19-15)14(13)9-21(17)18/h6-7,11-12H,2-5,8-10H2,1H3,(H,17,18)/p-1. The fraction of sp³-hybridized carbons (Fsp3) is 0.625. The van der Waals surface area contributed by atoms with Crippen molar-refractivity contribution in [1.29, 1.82) is 0 Å². The minimum absolute atomic E-state index is 0.00669. The van der Waals surface area contributed by atoms with Gasteiger partial charge in [0.05, 0.1) is 0 Å². The summed E-state index contributed by atoms with van der Waals surface area (Å²) < 4.78 is 33.4. The number of fused-ring (bicyclic) bond motifs is 1. The fourth-order valence-electron chi connectivity index (χ4n) is 3.20. The average molecular weight is 309 g/mol. The smallest absolute Gasteiger partial charge is 0.231 e. The number of benzene rings is 1. The first-order chi connectivity index (χ1) is 10.2. The topological polar surface area (TPSA) is 58.6 Å². The van der Waals surface area contributed by atoms with Crippen LogP contribution in [0.3, 0.4) is 0 Å². The third-order valence-corrected chi connectivity index (χ3v) is 4.86. The van der Waals surface area contributed by atoms with Crippen molar-refractivity contribution in [3.63, 3.8) is 0 Å². The molecule has 1 fully saturated rings. The van der Waals surface area contributed by atoms with Crippen molar-refractivity contribution >= 4 is 11.1 Å². The van der Waals surface area contributed by atoms with Crippen LogP contribution in [0.4, 0.5) is 0 Å². The van der Waals surface area contributed by atoms with Gasteiger partial charge in [-0.2, -0.15) is 0 Å². The Morgan fingerprint density at radius 2 is 2.19 bits per heavy atom. The molecule has 2 atom stereocenters. The van der Waals surface area contributed by atoms with E-state index in [0.29, 0.717) is 17.4 Å². The third-order valence-electron chi connectivity index (χ3n) is 4.33. The van der Waals surface area contributed by atoms with Crippen LogP contribution in [0, 0.1) is 5.92 Å². The lowest BCUT2D eigenvalue weighted by atomic mass is 9.86. The van der Waals surface area contributed by atoms with E-state index in [1.165, 1.54) is 12.8 Å². The summed E-state index contributed by atoms with van der Waals surface area (Å²) in [6, 6.07) is 3.96. The molecule has 1 aliphatic heterocycles. The van der Waals surface area contributed by atoms with Gasteiger partial charge in [-0.25, -0.2) is 0 Å². The van der Waals surface area contributed by atoms with Gasteiger partial charge >= 0.3 is 0 Å². The Morgan fingerprint density at radius 3 is 2.86 bits per heavy atom. The van der Waals surface area contributed by atoms with E-state index in [1.54, 1.807) is 0 Å². The van der Waals surface area contributed by atoms with E-state index in [2.05, 4.69) is 6.92 Å². The Balaban J connectivity index is 1.96. The molecule has 1 saturated carbocycles. The van der Waals surface area contributed by atoms with Crippen LogP contribution in [0.25, 0.3) is 0 Å². The number of hydrogen-bond acceptors (Lipinski definition) is 4. The molecule has 0 amide bonds. The van der Waals surface area contributed by atoms with Gasteiger partial charge in [0.2, 0.25) is 6.79 Å². The third kappa shape index (κ3) is 3.40. The van der Waals surface area contributed by atoms with E-state index in [-0.39, 0.29) is 12.5 Å². The molecule has 0 radical (unpaired) electrons. The molecule has 0 saturated heterocycles. The zero-order valence-electron chi connectivity index (χ0n) is 12.3. The molecule has 0 bridgehead atoms. The lowest BCUT2D eigenvalue weighted by Crippen LogP contribution is -2.07. The normalized spacial score (nSPS) is 19.5. The molecule has 1 aromatic rings. The molecule has 3 rings (SSSR count). The zero-order chi connectivity index (χ0) is 14.8. The summed E-state index contributed by atoms with van der Waals surface area (Å²) in [4.78, 5) is 0. The minimum Gasteiger partial charge on any atom is -0.772 e. The van der Waals surface area contributed by atoms with Gasteiger partial charge < -0.3 is 14.0 Å². The SMILES string of the molecule is CCCC(CC1CC1)c1ccc2c(c1CS(=O)[O-])OCO2.